The minimum Gasteiger partial charge on any atom is -0.390 e. The molecule has 4 nitrogen and oxygen atoms in total. The maximum Gasteiger partial charge on any atom is 0.256 e. The fourth-order valence-corrected chi connectivity index (χ4v) is 2.82. The molecule has 0 saturated carbocycles. The third kappa shape index (κ3) is 1.68. The van der Waals surface area contributed by atoms with Gasteiger partial charge in [0.25, 0.3) is 5.91 Å². The number of pyridine rings is 1. The highest BCUT2D eigenvalue weighted by atomic mass is 16.2. The van der Waals surface area contributed by atoms with Crippen molar-refractivity contribution in [2.45, 2.75) is 13.8 Å². The Labute approximate surface area is 107 Å². The molecule has 0 spiro atoms. The van der Waals surface area contributed by atoms with Gasteiger partial charge in [-0.05, 0) is 37.3 Å². The van der Waals surface area contributed by atoms with Crippen molar-refractivity contribution in [3.05, 3.63) is 40.9 Å². The number of hydrogen-bond donors (Lipinski definition) is 1. The largest absolute Gasteiger partial charge is 0.390 e. The van der Waals surface area contributed by atoms with Crippen molar-refractivity contribution in [1.29, 1.82) is 0 Å². The summed E-state index contributed by atoms with van der Waals surface area (Å²) in [6.45, 7) is 6.41. The zero-order chi connectivity index (χ0) is 12.7. The molecule has 0 bridgehead atoms. The molecule has 3 heterocycles. The summed E-state index contributed by atoms with van der Waals surface area (Å²) in [5.41, 5.74) is 3.95. The summed E-state index contributed by atoms with van der Waals surface area (Å²) in [6, 6.07) is 1.90. The molecule has 1 fully saturated rings. The van der Waals surface area contributed by atoms with Crippen LogP contribution in [0.3, 0.4) is 0 Å². The van der Waals surface area contributed by atoms with Crippen LogP contribution in [0.25, 0.3) is 0 Å². The summed E-state index contributed by atoms with van der Waals surface area (Å²) in [4.78, 5) is 18.7. The minimum atomic E-state index is 0.119. The number of carbonyl (C=O) groups excluding carboxylic acids is 1. The molecule has 0 aromatic carbocycles. The number of fused-ring (bicyclic) bond motifs is 1. The lowest BCUT2D eigenvalue weighted by atomic mass is 10.1. The summed E-state index contributed by atoms with van der Waals surface area (Å²) in [5, 5.41) is 3.23. The second-order valence-corrected chi connectivity index (χ2v) is 5.10. The van der Waals surface area contributed by atoms with Crippen LogP contribution >= 0.6 is 0 Å². The summed E-state index contributed by atoms with van der Waals surface area (Å²) in [6.07, 6.45) is 3.81. The molecule has 0 aliphatic carbocycles. The zero-order valence-electron chi connectivity index (χ0n) is 10.7. The normalized spacial score (nSPS) is 21.6. The Morgan fingerprint density at radius 3 is 3.06 bits per heavy atom. The van der Waals surface area contributed by atoms with E-state index < -0.39 is 0 Å². The number of rotatable bonds is 1. The summed E-state index contributed by atoms with van der Waals surface area (Å²) in [5.74, 6) is 0.625. The Kier molecular flexibility index (Phi) is 2.58. The van der Waals surface area contributed by atoms with E-state index in [1.807, 2.05) is 24.8 Å². The van der Waals surface area contributed by atoms with Gasteiger partial charge in [0.1, 0.15) is 0 Å². The smallest absolute Gasteiger partial charge is 0.256 e. The molecule has 1 aromatic heterocycles. The number of nitrogens with zero attached hydrogens (tertiary/aromatic N) is 2. The van der Waals surface area contributed by atoms with Crippen molar-refractivity contribution in [2.75, 3.05) is 19.6 Å². The fourth-order valence-electron chi connectivity index (χ4n) is 2.82. The highest BCUT2D eigenvalue weighted by Gasteiger charge is 2.33. The summed E-state index contributed by atoms with van der Waals surface area (Å²) in [7, 11) is 0. The first kappa shape index (κ1) is 11.3. The summed E-state index contributed by atoms with van der Waals surface area (Å²) >= 11 is 0. The van der Waals surface area contributed by atoms with E-state index in [1.165, 1.54) is 5.57 Å². The van der Waals surface area contributed by atoms with Crippen molar-refractivity contribution in [3.63, 3.8) is 0 Å². The predicted octanol–water partition coefficient (Wildman–Crippen LogP) is 1.26. The Morgan fingerprint density at radius 1 is 1.50 bits per heavy atom. The Bertz CT molecular complexity index is 516. The molecule has 1 N–H and O–H groups in total. The molecular formula is C14H17N3O. The van der Waals surface area contributed by atoms with Gasteiger partial charge >= 0.3 is 0 Å². The maximum absolute atomic E-state index is 12.6. The number of amides is 1. The van der Waals surface area contributed by atoms with Gasteiger partial charge in [0, 0.05) is 31.7 Å². The molecule has 1 aromatic rings. The van der Waals surface area contributed by atoms with Crippen molar-refractivity contribution in [2.24, 2.45) is 5.92 Å². The number of carbonyl (C=O) groups is 1. The first-order chi connectivity index (χ1) is 8.66. The van der Waals surface area contributed by atoms with Crippen molar-refractivity contribution < 1.29 is 4.79 Å². The van der Waals surface area contributed by atoms with Gasteiger partial charge in [-0.3, -0.25) is 9.78 Å². The van der Waals surface area contributed by atoms with Crippen LogP contribution in [0.4, 0.5) is 0 Å². The minimum absolute atomic E-state index is 0.119. The van der Waals surface area contributed by atoms with Crippen LogP contribution in [0, 0.1) is 19.8 Å². The van der Waals surface area contributed by atoms with Crippen LogP contribution in [0.1, 0.15) is 21.6 Å². The van der Waals surface area contributed by atoms with E-state index >= 15 is 0 Å². The van der Waals surface area contributed by atoms with E-state index in [1.54, 1.807) is 6.20 Å². The lowest BCUT2D eigenvalue weighted by Crippen LogP contribution is -2.31. The molecule has 1 atom stereocenters. The Morgan fingerprint density at radius 2 is 2.33 bits per heavy atom. The van der Waals surface area contributed by atoms with Crippen molar-refractivity contribution in [1.82, 2.24) is 15.2 Å². The van der Waals surface area contributed by atoms with Gasteiger partial charge in [-0.25, -0.2) is 0 Å². The molecule has 2 aliphatic heterocycles. The topological polar surface area (TPSA) is 45.2 Å². The Hall–Kier alpha value is -1.84. The van der Waals surface area contributed by atoms with Crippen LogP contribution < -0.4 is 5.32 Å². The van der Waals surface area contributed by atoms with Gasteiger partial charge in [-0.2, -0.15) is 0 Å². The second kappa shape index (κ2) is 4.12. The predicted molar refractivity (Wildman–Crippen MR) is 69.2 cm³/mol. The highest BCUT2D eigenvalue weighted by Crippen LogP contribution is 2.27. The zero-order valence-corrected chi connectivity index (χ0v) is 10.7. The average molecular weight is 243 g/mol. The number of nitrogens with one attached hydrogen (secondary N) is 1. The van der Waals surface area contributed by atoms with Gasteiger partial charge in [-0.15, -0.1) is 0 Å². The quantitative estimate of drug-likeness (QED) is 0.807. The lowest BCUT2D eigenvalue weighted by Gasteiger charge is -2.18. The molecule has 1 unspecified atom stereocenters. The highest BCUT2D eigenvalue weighted by molar-refractivity contribution is 5.97. The van der Waals surface area contributed by atoms with E-state index in [9.17, 15) is 4.79 Å². The fraction of sp³-hybridized carbons (Fsp3) is 0.429. The molecular weight excluding hydrogens is 226 g/mol. The number of aryl methyl sites for hydroxylation is 2. The van der Waals surface area contributed by atoms with E-state index in [0.29, 0.717) is 5.92 Å². The monoisotopic (exact) mass is 243 g/mol. The van der Waals surface area contributed by atoms with Gasteiger partial charge in [0.15, 0.2) is 0 Å². The van der Waals surface area contributed by atoms with Crippen LogP contribution in [0.5, 0.6) is 0 Å². The second-order valence-electron chi connectivity index (χ2n) is 5.10. The molecule has 1 amide bonds. The van der Waals surface area contributed by atoms with E-state index in [4.69, 9.17) is 0 Å². The number of hydrogen-bond acceptors (Lipinski definition) is 3. The SMILES string of the molecule is Cc1ccnc(C)c1C(=O)N1CC2=CNCC2C1. The Balaban J connectivity index is 1.88. The van der Waals surface area contributed by atoms with E-state index in [-0.39, 0.29) is 5.91 Å². The van der Waals surface area contributed by atoms with Crippen molar-refractivity contribution in [3.8, 4) is 0 Å². The van der Waals surface area contributed by atoms with Gasteiger partial charge in [0.05, 0.1) is 11.3 Å². The molecule has 94 valence electrons. The molecule has 4 heteroatoms. The van der Waals surface area contributed by atoms with Crippen LogP contribution in [-0.4, -0.2) is 35.4 Å². The summed E-state index contributed by atoms with van der Waals surface area (Å²) < 4.78 is 0. The van der Waals surface area contributed by atoms with Gasteiger partial charge in [0.2, 0.25) is 0 Å². The first-order valence-electron chi connectivity index (χ1n) is 6.30. The third-order valence-corrected chi connectivity index (χ3v) is 3.84. The molecule has 2 aliphatic rings. The van der Waals surface area contributed by atoms with E-state index in [2.05, 4.69) is 16.5 Å². The molecule has 0 radical (unpaired) electrons. The van der Waals surface area contributed by atoms with Crippen LogP contribution in [0.15, 0.2) is 24.0 Å². The maximum atomic E-state index is 12.6. The molecule has 18 heavy (non-hydrogen) atoms. The molecule has 3 rings (SSSR count). The standard InChI is InChI=1S/C14H17N3O/c1-9-3-4-16-10(2)13(9)14(18)17-7-11-5-15-6-12(11)8-17/h3-5,12,15H,6-8H2,1-2H3. The van der Waals surface area contributed by atoms with Gasteiger partial charge < -0.3 is 10.2 Å². The van der Waals surface area contributed by atoms with Crippen LogP contribution in [-0.2, 0) is 0 Å². The van der Waals surface area contributed by atoms with E-state index in [0.717, 1.165) is 36.5 Å². The first-order valence-corrected chi connectivity index (χ1v) is 6.30. The average Bonchev–Trinajstić information content (AvgIpc) is 2.88. The lowest BCUT2D eigenvalue weighted by molar-refractivity contribution is 0.0786. The molecule has 1 saturated heterocycles. The van der Waals surface area contributed by atoms with Crippen molar-refractivity contribution >= 4 is 5.91 Å². The number of likely N-dealkylation sites (tertiary alicyclic amines) is 1. The number of aromatic nitrogens is 1. The van der Waals surface area contributed by atoms with Gasteiger partial charge in [-0.1, -0.05) is 0 Å². The third-order valence-electron chi connectivity index (χ3n) is 3.84. The van der Waals surface area contributed by atoms with Crippen LogP contribution in [0.2, 0.25) is 0 Å².